The monoisotopic (exact) mass is 684 g/mol. The molecule has 0 nitrogen and oxygen atoms in total. The second-order valence-corrected chi connectivity index (χ2v) is 12.4. The molecule has 1 aliphatic carbocycles. The van der Waals surface area contributed by atoms with Crippen LogP contribution >= 0.6 is 0 Å². The molecule has 0 fully saturated rings. The van der Waals surface area contributed by atoms with Gasteiger partial charge >= 0.3 is 30.2 Å². The average Bonchev–Trinajstić information content (AvgIpc) is 3.64. The molecule has 0 aromatic heterocycles. The zero-order chi connectivity index (χ0) is 28.9. The van der Waals surface area contributed by atoms with E-state index in [4.69, 9.17) is 0 Å². The summed E-state index contributed by atoms with van der Waals surface area (Å²) < 4.78 is 0. The minimum Gasteiger partial charge on any atom is -0.214 e. The first-order valence-electron chi connectivity index (χ1n) is 14.0. The van der Waals surface area contributed by atoms with E-state index in [1.54, 1.807) is 23.3 Å². The summed E-state index contributed by atoms with van der Waals surface area (Å²) >= 11 is 1.58. The summed E-state index contributed by atoms with van der Waals surface area (Å²) in [5.41, 5.74) is 13.5. The molecule has 5 aromatic carbocycles. The van der Waals surface area contributed by atoms with Crippen LogP contribution < -0.4 is 24.8 Å². The van der Waals surface area contributed by atoms with E-state index in [1.165, 1.54) is 55.6 Å². The molecule has 0 atom stereocenters. The molecule has 1 aliphatic rings. The molecule has 0 radical (unpaired) electrons. The summed E-state index contributed by atoms with van der Waals surface area (Å²) in [4.78, 5) is 0. The third kappa shape index (κ3) is 8.29. The van der Waals surface area contributed by atoms with Gasteiger partial charge in [-0.25, -0.2) is 12.1 Å². The van der Waals surface area contributed by atoms with Crippen molar-refractivity contribution in [1.82, 2.24) is 0 Å². The molecule has 0 amide bonds. The van der Waals surface area contributed by atoms with Gasteiger partial charge < -0.3 is 24.8 Å². The van der Waals surface area contributed by atoms with Gasteiger partial charge in [-0.05, 0) is 39.5 Å². The van der Waals surface area contributed by atoms with E-state index in [9.17, 15) is 0 Å². The maximum atomic E-state index is 3.88. The van der Waals surface area contributed by atoms with Gasteiger partial charge in [0.25, 0.3) is 0 Å². The number of hydrogen-bond donors (Lipinski definition) is 0. The van der Waals surface area contributed by atoms with Gasteiger partial charge in [0.05, 0.1) is 0 Å². The van der Waals surface area contributed by atoms with Crippen molar-refractivity contribution in [3.05, 3.63) is 138 Å². The summed E-state index contributed by atoms with van der Waals surface area (Å²) in [6.45, 7) is 15.8. The molecule has 216 valence electrons. The van der Waals surface area contributed by atoms with Crippen molar-refractivity contribution in [2.45, 2.75) is 58.8 Å². The predicted octanol–water partition coefficient (Wildman–Crippen LogP) is 3.48. The van der Waals surface area contributed by atoms with Crippen LogP contribution in [0.5, 0.6) is 0 Å². The first-order chi connectivity index (χ1) is 19.1. The molecule has 0 heterocycles. The van der Waals surface area contributed by atoms with Gasteiger partial charge in [0, 0.05) is 0 Å². The van der Waals surface area contributed by atoms with Gasteiger partial charge in [0.15, 0.2) is 0 Å². The third-order valence-corrected chi connectivity index (χ3v) is 7.38. The van der Waals surface area contributed by atoms with Crippen molar-refractivity contribution in [1.29, 1.82) is 0 Å². The van der Waals surface area contributed by atoms with Crippen molar-refractivity contribution >= 4 is 6.88 Å². The first kappa shape index (κ1) is 36.1. The molecule has 0 N–H and O–H groups in total. The molecule has 0 bridgehead atoms. The Kier molecular flexibility index (Phi) is 13.4. The quantitative estimate of drug-likeness (QED) is 0.194. The summed E-state index contributed by atoms with van der Waals surface area (Å²) in [5.74, 6) is 0. The van der Waals surface area contributed by atoms with Crippen molar-refractivity contribution in [3.8, 4) is 33.4 Å². The molecule has 6 rings (SSSR count). The van der Waals surface area contributed by atoms with Gasteiger partial charge in [0.1, 0.15) is 0 Å². The van der Waals surface area contributed by atoms with Crippen molar-refractivity contribution in [3.63, 3.8) is 0 Å². The molecule has 0 saturated heterocycles. The Hall–Kier alpha value is -2.09. The molecule has 0 saturated carbocycles. The molecule has 4 heteroatoms. The van der Waals surface area contributed by atoms with E-state index < -0.39 is 0 Å². The van der Waals surface area contributed by atoms with Crippen molar-refractivity contribution in [2.24, 2.45) is 0 Å². The molecular weight excluding hydrogens is 647 g/mol. The van der Waals surface area contributed by atoms with Gasteiger partial charge in [-0.3, -0.25) is 0 Å². The van der Waals surface area contributed by atoms with Crippen LogP contribution in [0.2, 0.25) is 0 Å². The Balaban J connectivity index is 0.000000612. The molecule has 5 aromatic rings. The SMILES string of the molecule is CC(C)(C)c1cc2c([c-]c1-c1ccccc1)Cc1cc(-c3ccccc3)c(C(C)(C)C)cc1-2.[Cl-].[Cl-].[SiH2]=[Zr+2].c1cc[cH-]c1. The fourth-order valence-electron chi connectivity index (χ4n) is 5.42. The van der Waals surface area contributed by atoms with Crippen LogP contribution in [-0.2, 0) is 40.6 Å². The molecule has 0 spiro atoms. The third-order valence-electron chi connectivity index (χ3n) is 7.38. The molecule has 0 unspecified atom stereocenters. The predicted molar refractivity (Wildman–Crippen MR) is 172 cm³/mol. The van der Waals surface area contributed by atoms with E-state index in [0.29, 0.717) is 0 Å². The Morgan fingerprint density at radius 3 is 1.60 bits per heavy atom. The Bertz CT molecular complexity index is 1420. The Morgan fingerprint density at radius 2 is 1.12 bits per heavy atom. The maximum Gasteiger partial charge on any atom is -0.172 e. The second-order valence-electron chi connectivity index (χ2n) is 12.4. The van der Waals surface area contributed by atoms with Gasteiger partial charge in [-0.15, -0.1) is 28.8 Å². The van der Waals surface area contributed by atoms with Crippen LogP contribution in [0.1, 0.15) is 63.8 Å². The number of fused-ring (bicyclic) bond motifs is 3. The van der Waals surface area contributed by atoms with Crippen LogP contribution in [0.25, 0.3) is 33.4 Å². The number of rotatable bonds is 2. The zero-order valence-corrected chi connectivity index (χ0v) is 30.9. The Labute approximate surface area is 282 Å². The van der Waals surface area contributed by atoms with Crippen LogP contribution in [0, 0.1) is 6.07 Å². The van der Waals surface area contributed by atoms with Gasteiger partial charge in [-0.2, -0.15) is 18.2 Å². The minimum absolute atomic E-state index is 0. The van der Waals surface area contributed by atoms with E-state index >= 15 is 0 Å². The summed E-state index contributed by atoms with van der Waals surface area (Å²) in [6.07, 6.45) is 0.944. The van der Waals surface area contributed by atoms with Crippen LogP contribution in [0.15, 0.2) is 109 Å². The number of hydrogen-bond acceptors (Lipinski definition) is 0. The zero-order valence-electron chi connectivity index (χ0n) is 25.6. The van der Waals surface area contributed by atoms with Gasteiger partial charge in [-0.1, -0.05) is 131 Å². The van der Waals surface area contributed by atoms with Crippen LogP contribution in [0.3, 0.4) is 0 Å². The van der Waals surface area contributed by atoms with Crippen molar-refractivity contribution in [2.75, 3.05) is 0 Å². The largest absolute Gasteiger partial charge is 0.214 e. The summed E-state index contributed by atoms with van der Waals surface area (Å²) in [6, 6.07) is 42.8. The fraction of sp³-hybridized carbons (Fsp3) is 0.237. The topological polar surface area (TPSA) is 0 Å². The smallest absolute Gasteiger partial charge is 0.172 e. The average molecular weight is 687 g/mol. The van der Waals surface area contributed by atoms with Crippen LogP contribution in [-0.4, -0.2) is 6.88 Å². The Morgan fingerprint density at radius 1 is 0.619 bits per heavy atom. The number of benzene rings is 4. The fourth-order valence-corrected chi connectivity index (χ4v) is 5.42. The van der Waals surface area contributed by atoms with Gasteiger partial charge in [0.2, 0.25) is 0 Å². The normalized spacial score (nSPS) is 11.3. The van der Waals surface area contributed by atoms with E-state index in [-0.39, 0.29) is 35.6 Å². The first-order valence-corrected chi connectivity index (χ1v) is 20.0. The molecule has 42 heavy (non-hydrogen) atoms. The second kappa shape index (κ2) is 15.6. The molecular formula is C38H40Cl2SiZr-2. The van der Waals surface area contributed by atoms with Crippen molar-refractivity contribution < 1.29 is 48.1 Å². The number of halogens is 2. The summed E-state index contributed by atoms with van der Waals surface area (Å²) in [5, 5.41) is 0. The van der Waals surface area contributed by atoms with Crippen LogP contribution in [0.4, 0.5) is 0 Å². The van der Waals surface area contributed by atoms with E-state index in [2.05, 4.69) is 126 Å². The van der Waals surface area contributed by atoms with E-state index in [1.807, 2.05) is 37.2 Å². The maximum absolute atomic E-state index is 3.88. The standard InChI is InChI=1S/C33H33.C5H5.2ClH.H2Si.Zr/c1-32(2,3)30-20-26-24(18-28(30)22-13-9-7-10-14-22)17-25-19-29(23-15-11-8-12-16-23)31(21-27(25)26)33(4,5)6;1-2-4-5-3-1;;;;/h7-16,18,20-21H,17H2,1-6H3;1-5H;2*1H;1H2;/q2*-1;;;;+2/p-2. The molecule has 0 aliphatic heterocycles. The minimum atomic E-state index is 0. The summed E-state index contributed by atoms with van der Waals surface area (Å²) in [7, 11) is 0. The van der Waals surface area contributed by atoms with E-state index in [0.717, 1.165) is 6.42 Å².